The maximum atomic E-state index is 12.3. The predicted octanol–water partition coefficient (Wildman–Crippen LogP) is 6.89. The summed E-state index contributed by atoms with van der Waals surface area (Å²) in [5.74, 6) is 1.62. The van der Waals surface area contributed by atoms with Crippen LogP contribution in [0.1, 0.15) is 44.7 Å². The Balaban J connectivity index is 1.53. The summed E-state index contributed by atoms with van der Waals surface area (Å²) in [5, 5.41) is 4.48. The number of nitrogens with zero attached hydrogens (tertiary/aromatic N) is 1. The molecule has 0 N–H and O–H groups in total. The van der Waals surface area contributed by atoms with Gasteiger partial charge in [-0.25, -0.2) is 0 Å². The monoisotopic (exact) mass is 555 g/mol. The quantitative estimate of drug-likeness (QED) is 0.0987. The average molecular weight is 557 g/mol. The molecule has 0 saturated carbocycles. The highest BCUT2D eigenvalue weighted by Gasteiger charge is 2.32. The summed E-state index contributed by atoms with van der Waals surface area (Å²) in [7, 11) is 1.51. The van der Waals surface area contributed by atoms with E-state index in [9.17, 15) is 4.79 Å². The standard InChI is InChI=1S/C26H28Cl3NO6/c1-16(19-13-18(33-12-10-22(28)29)14-20(27)25(19)32-4)30-34-11-6-9-23(31)35-21-8-5-7-17-15-26(2,3)36-24(17)21/h5,7-8,10,13-14H,6,9,11-12,15H2,1-4H3. The fourth-order valence-corrected chi connectivity index (χ4v) is 4.06. The van der Waals surface area contributed by atoms with Crippen molar-refractivity contribution in [2.45, 2.75) is 45.6 Å². The average Bonchev–Trinajstić information content (AvgIpc) is 3.13. The van der Waals surface area contributed by atoms with Crippen LogP contribution < -0.4 is 18.9 Å². The zero-order valence-electron chi connectivity index (χ0n) is 20.5. The van der Waals surface area contributed by atoms with Crippen molar-refractivity contribution in [3.63, 3.8) is 0 Å². The number of esters is 1. The van der Waals surface area contributed by atoms with Gasteiger partial charge in [0.1, 0.15) is 34.8 Å². The van der Waals surface area contributed by atoms with Crippen molar-refractivity contribution < 1.29 is 28.6 Å². The van der Waals surface area contributed by atoms with Gasteiger partial charge in [-0.1, -0.05) is 52.1 Å². The van der Waals surface area contributed by atoms with Gasteiger partial charge in [0.2, 0.25) is 0 Å². The van der Waals surface area contributed by atoms with Crippen molar-refractivity contribution in [2.75, 3.05) is 20.3 Å². The van der Waals surface area contributed by atoms with Crippen LogP contribution >= 0.6 is 34.8 Å². The van der Waals surface area contributed by atoms with E-state index in [-0.39, 0.29) is 35.7 Å². The fourth-order valence-electron chi connectivity index (χ4n) is 3.64. The molecule has 1 aliphatic heterocycles. The Morgan fingerprint density at radius 2 is 2.03 bits per heavy atom. The van der Waals surface area contributed by atoms with Gasteiger partial charge < -0.3 is 23.8 Å². The largest absolute Gasteiger partial charge is 0.494 e. The van der Waals surface area contributed by atoms with Crippen LogP contribution in [-0.2, 0) is 16.1 Å². The molecule has 1 heterocycles. The van der Waals surface area contributed by atoms with Crippen LogP contribution in [0.4, 0.5) is 0 Å². The minimum absolute atomic E-state index is 0.106. The molecule has 194 valence electrons. The van der Waals surface area contributed by atoms with Crippen molar-refractivity contribution >= 4 is 46.5 Å². The minimum atomic E-state index is -0.370. The summed E-state index contributed by atoms with van der Waals surface area (Å²) in [5.41, 5.74) is 1.83. The first-order valence-electron chi connectivity index (χ1n) is 11.3. The third-order valence-corrected chi connectivity index (χ3v) is 5.78. The van der Waals surface area contributed by atoms with Crippen LogP contribution in [0.3, 0.4) is 0 Å². The molecule has 0 aliphatic carbocycles. The van der Waals surface area contributed by atoms with Gasteiger partial charge in [0, 0.05) is 30.0 Å². The van der Waals surface area contributed by atoms with Gasteiger partial charge in [0.15, 0.2) is 11.5 Å². The molecule has 0 aromatic heterocycles. The van der Waals surface area contributed by atoms with Crippen molar-refractivity contribution in [1.29, 1.82) is 0 Å². The zero-order chi connectivity index (χ0) is 26.3. The van der Waals surface area contributed by atoms with E-state index in [2.05, 4.69) is 5.16 Å². The van der Waals surface area contributed by atoms with E-state index in [1.165, 1.54) is 13.2 Å². The lowest BCUT2D eigenvalue weighted by atomic mass is 10.0. The Bertz CT molecular complexity index is 1160. The summed E-state index contributed by atoms with van der Waals surface area (Å²) in [6.07, 6.45) is 2.86. The molecular formula is C26H28Cl3NO6. The second kappa shape index (κ2) is 12.6. The Hall–Kier alpha value is -2.61. The zero-order valence-corrected chi connectivity index (χ0v) is 22.8. The molecule has 0 bridgehead atoms. The number of ether oxygens (including phenoxy) is 4. The van der Waals surface area contributed by atoms with E-state index in [4.69, 9.17) is 58.6 Å². The Kier molecular flexibility index (Phi) is 9.77. The predicted molar refractivity (Wildman–Crippen MR) is 141 cm³/mol. The highest BCUT2D eigenvalue weighted by molar-refractivity contribution is 6.55. The molecule has 3 rings (SSSR count). The molecule has 0 atom stereocenters. The number of hydrogen-bond donors (Lipinski definition) is 0. The summed E-state index contributed by atoms with van der Waals surface area (Å²) >= 11 is 17.5. The number of rotatable bonds is 11. The van der Waals surface area contributed by atoms with E-state index >= 15 is 0 Å². The SMILES string of the molecule is COc1c(Cl)cc(OCC=C(Cl)Cl)cc1C(C)=NOCCCC(=O)Oc1cccc2c1OC(C)(C)C2. The van der Waals surface area contributed by atoms with E-state index in [0.29, 0.717) is 45.7 Å². The molecule has 2 aromatic carbocycles. The fraction of sp³-hybridized carbons (Fsp3) is 0.385. The number of halogens is 3. The molecular weight excluding hydrogens is 529 g/mol. The number of carbonyl (C=O) groups excluding carboxylic acids is 1. The summed E-state index contributed by atoms with van der Waals surface area (Å²) in [6, 6.07) is 8.91. The number of hydrogen-bond acceptors (Lipinski definition) is 7. The van der Waals surface area contributed by atoms with Crippen LogP contribution in [0.15, 0.2) is 46.1 Å². The maximum absolute atomic E-state index is 12.3. The first-order valence-corrected chi connectivity index (χ1v) is 12.4. The molecule has 0 fully saturated rings. The van der Waals surface area contributed by atoms with Crippen LogP contribution in [0.25, 0.3) is 0 Å². The first-order chi connectivity index (χ1) is 17.1. The second-order valence-corrected chi connectivity index (χ2v) is 10.1. The topological polar surface area (TPSA) is 75.6 Å². The van der Waals surface area contributed by atoms with E-state index in [1.54, 1.807) is 25.1 Å². The Labute approximate surface area is 225 Å². The van der Waals surface area contributed by atoms with Crippen molar-refractivity contribution in [3.8, 4) is 23.0 Å². The van der Waals surface area contributed by atoms with Gasteiger partial charge in [0.25, 0.3) is 0 Å². The van der Waals surface area contributed by atoms with Crippen molar-refractivity contribution in [3.05, 3.63) is 57.0 Å². The van der Waals surface area contributed by atoms with Gasteiger partial charge in [-0.2, -0.15) is 0 Å². The third kappa shape index (κ3) is 7.69. The molecule has 0 amide bonds. The molecule has 0 unspecified atom stereocenters. The van der Waals surface area contributed by atoms with E-state index in [0.717, 1.165) is 12.0 Å². The van der Waals surface area contributed by atoms with Gasteiger partial charge in [-0.05, 0) is 45.4 Å². The molecule has 0 radical (unpaired) electrons. The van der Waals surface area contributed by atoms with Crippen LogP contribution in [-0.4, -0.2) is 37.6 Å². The number of fused-ring (bicyclic) bond motifs is 1. The van der Waals surface area contributed by atoms with Gasteiger partial charge in [-0.15, -0.1) is 0 Å². The van der Waals surface area contributed by atoms with E-state index in [1.807, 2.05) is 26.0 Å². The van der Waals surface area contributed by atoms with Crippen molar-refractivity contribution in [1.82, 2.24) is 0 Å². The van der Waals surface area contributed by atoms with Gasteiger partial charge >= 0.3 is 5.97 Å². The number of para-hydroxylation sites is 1. The first kappa shape index (κ1) is 28.0. The lowest BCUT2D eigenvalue weighted by Crippen LogP contribution is -2.24. The number of benzene rings is 2. The highest BCUT2D eigenvalue weighted by atomic mass is 35.5. The third-order valence-electron chi connectivity index (χ3n) is 5.20. The summed E-state index contributed by atoms with van der Waals surface area (Å²) in [4.78, 5) is 17.8. The molecule has 1 aliphatic rings. The number of carbonyl (C=O) groups is 1. The second-order valence-electron chi connectivity index (χ2n) is 8.66. The lowest BCUT2D eigenvalue weighted by Gasteiger charge is -2.17. The lowest BCUT2D eigenvalue weighted by molar-refractivity contribution is -0.134. The molecule has 0 saturated heterocycles. The molecule has 10 heteroatoms. The van der Waals surface area contributed by atoms with Crippen LogP contribution in [0, 0.1) is 0 Å². The Morgan fingerprint density at radius 3 is 2.75 bits per heavy atom. The van der Waals surface area contributed by atoms with Crippen LogP contribution in [0.2, 0.25) is 5.02 Å². The highest BCUT2D eigenvalue weighted by Crippen LogP contribution is 2.42. The summed E-state index contributed by atoms with van der Waals surface area (Å²) < 4.78 is 22.6. The van der Waals surface area contributed by atoms with E-state index < -0.39 is 0 Å². The molecule has 2 aromatic rings. The minimum Gasteiger partial charge on any atom is -0.494 e. The molecule has 36 heavy (non-hydrogen) atoms. The van der Waals surface area contributed by atoms with Gasteiger partial charge in [0.05, 0.1) is 17.8 Å². The number of oxime groups is 1. The maximum Gasteiger partial charge on any atom is 0.311 e. The molecule has 7 nitrogen and oxygen atoms in total. The summed E-state index contributed by atoms with van der Waals surface area (Å²) in [6.45, 7) is 6.14. The normalized spacial score (nSPS) is 13.9. The number of methoxy groups -OCH3 is 1. The Morgan fingerprint density at radius 1 is 1.25 bits per heavy atom. The van der Waals surface area contributed by atoms with Gasteiger partial charge in [-0.3, -0.25) is 4.79 Å². The smallest absolute Gasteiger partial charge is 0.311 e. The molecule has 0 spiro atoms. The van der Waals surface area contributed by atoms with Crippen molar-refractivity contribution in [2.24, 2.45) is 5.16 Å². The van der Waals surface area contributed by atoms with Crippen LogP contribution in [0.5, 0.6) is 23.0 Å².